The van der Waals surface area contributed by atoms with Crippen molar-refractivity contribution in [2.24, 2.45) is 0 Å². The van der Waals surface area contributed by atoms with Crippen molar-refractivity contribution in [1.29, 1.82) is 0 Å². The van der Waals surface area contributed by atoms with Crippen molar-refractivity contribution in [2.75, 3.05) is 10.7 Å². The van der Waals surface area contributed by atoms with Crippen LogP contribution in [0.4, 0.5) is 15.8 Å². The molecule has 2 aromatic carbocycles. The van der Waals surface area contributed by atoms with E-state index in [1.165, 1.54) is 40.9 Å². The Bertz CT molecular complexity index is 802. The second-order valence-electron chi connectivity index (χ2n) is 4.87. The largest absolute Gasteiger partial charge is 0.294 e. The van der Waals surface area contributed by atoms with Gasteiger partial charge in [-0.3, -0.25) is 19.8 Å². The minimum atomic E-state index is -0.495. The SMILES string of the molecule is O=C1CS[C@@H](c2cccc([N+](=O)[O-])c2)N1c1ccc(F)cc1Cl. The normalized spacial score (nSPS) is 17.6. The summed E-state index contributed by atoms with van der Waals surface area (Å²) in [6, 6.07) is 9.90. The van der Waals surface area contributed by atoms with E-state index in [2.05, 4.69) is 0 Å². The van der Waals surface area contributed by atoms with Gasteiger partial charge in [0, 0.05) is 12.1 Å². The molecule has 2 aromatic rings. The predicted octanol–water partition coefficient (Wildman–Crippen LogP) is 4.17. The third kappa shape index (κ3) is 3.02. The maximum atomic E-state index is 13.2. The van der Waals surface area contributed by atoms with Crippen LogP contribution in [0.1, 0.15) is 10.9 Å². The average Bonchev–Trinajstić information content (AvgIpc) is 2.89. The van der Waals surface area contributed by atoms with E-state index < -0.39 is 16.1 Å². The maximum Gasteiger partial charge on any atom is 0.269 e. The topological polar surface area (TPSA) is 63.4 Å². The van der Waals surface area contributed by atoms with Crippen molar-refractivity contribution in [1.82, 2.24) is 0 Å². The van der Waals surface area contributed by atoms with Gasteiger partial charge in [0.2, 0.25) is 5.91 Å². The van der Waals surface area contributed by atoms with Gasteiger partial charge in [-0.1, -0.05) is 23.7 Å². The van der Waals surface area contributed by atoms with Crippen LogP contribution in [0.2, 0.25) is 5.02 Å². The average molecular weight is 353 g/mol. The highest BCUT2D eigenvalue weighted by molar-refractivity contribution is 8.00. The van der Waals surface area contributed by atoms with Gasteiger partial charge >= 0.3 is 0 Å². The molecular formula is C15H10ClFN2O3S. The number of rotatable bonds is 3. The summed E-state index contributed by atoms with van der Waals surface area (Å²) in [6.07, 6.45) is 0. The van der Waals surface area contributed by atoms with Crippen LogP contribution in [-0.2, 0) is 4.79 Å². The minimum Gasteiger partial charge on any atom is -0.294 e. The molecule has 0 N–H and O–H groups in total. The fraction of sp³-hybridized carbons (Fsp3) is 0.133. The highest BCUT2D eigenvalue weighted by Crippen LogP contribution is 2.44. The third-order valence-corrected chi connectivity index (χ3v) is 4.92. The second-order valence-corrected chi connectivity index (χ2v) is 6.35. The molecule has 1 fully saturated rings. The predicted molar refractivity (Wildman–Crippen MR) is 87.2 cm³/mol. The van der Waals surface area contributed by atoms with E-state index in [9.17, 15) is 19.3 Å². The number of thioether (sulfide) groups is 1. The molecule has 0 spiro atoms. The summed E-state index contributed by atoms with van der Waals surface area (Å²) < 4.78 is 13.2. The quantitative estimate of drug-likeness (QED) is 0.614. The lowest BCUT2D eigenvalue weighted by molar-refractivity contribution is -0.384. The fourth-order valence-electron chi connectivity index (χ4n) is 2.40. The number of carbonyl (C=O) groups excluding carboxylic acids is 1. The number of hydrogen-bond donors (Lipinski definition) is 0. The summed E-state index contributed by atoms with van der Waals surface area (Å²) >= 11 is 7.40. The number of benzene rings is 2. The van der Waals surface area contributed by atoms with Gasteiger partial charge in [-0.05, 0) is 23.8 Å². The summed E-state index contributed by atoms with van der Waals surface area (Å²) in [5.41, 5.74) is 0.961. The molecule has 23 heavy (non-hydrogen) atoms. The zero-order chi connectivity index (χ0) is 16.6. The molecule has 1 saturated heterocycles. The smallest absolute Gasteiger partial charge is 0.269 e. The molecule has 1 aliphatic rings. The van der Waals surface area contributed by atoms with Crippen molar-refractivity contribution >= 4 is 40.6 Å². The molecule has 0 aliphatic carbocycles. The number of non-ortho nitro benzene ring substituents is 1. The third-order valence-electron chi connectivity index (χ3n) is 3.40. The van der Waals surface area contributed by atoms with Crippen LogP contribution in [0.5, 0.6) is 0 Å². The van der Waals surface area contributed by atoms with Crippen LogP contribution in [0.15, 0.2) is 42.5 Å². The van der Waals surface area contributed by atoms with Gasteiger partial charge in [-0.15, -0.1) is 11.8 Å². The Hall–Kier alpha value is -2.12. The first kappa shape index (κ1) is 15.8. The van der Waals surface area contributed by atoms with Gasteiger partial charge in [0.1, 0.15) is 11.2 Å². The molecule has 0 bridgehead atoms. The van der Waals surface area contributed by atoms with Crippen LogP contribution in [0.3, 0.4) is 0 Å². The molecule has 118 valence electrons. The number of anilines is 1. The molecule has 0 unspecified atom stereocenters. The molecular weight excluding hydrogens is 343 g/mol. The number of nitro groups is 1. The van der Waals surface area contributed by atoms with Gasteiger partial charge in [-0.25, -0.2) is 4.39 Å². The van der Waals surface area contributed by atoms with Crippen LogP contribution >= 0.6 is 23.4 Å². The summed E-state index contributed by atoms with van der Waals surface area (Å²) in [7, 11) is 0. The number of nitro benzene ring substituents is 1. The Morgan fingerprint density at radius 3 is 2.78 bits per heavy atom. The Morgan fingerprint density at radius 1 is 1.30 bits per heavy atom. The van der Waals surface area contributed by atoms with Crippen LogP contribution in [0, 0.1) is 15.9 Å². The van der Waals surface area contributed by atoms with E-state index >= 15 is 0 Å². The summed E-state index contributed by atoms with van der Waals surface area (Å²) in [6.45, 7) is 0. The lowest BCUT2D eigenvalue weighted by Crippen LogP contribution is -2.28. The van der Waals surface area contributed by atoms with Crippen molar-refractivity contribution in [2.45, 2.75) is 5.37 Å². The van der Waals surface area contributed by atoms with E-state index in [0.717, 1.165) is 6.07 Å². The van der Waals surface area contributed by atoms with Gasteiger partial charge in [0.25, 0.3) is 5.69 Å². The van der Waals surface area contributed by atoms with E-state index in [0.29, 0.717) is 11.3 Å². The molecule has 1 heterocycles. The summed E-state index contributed by atoms with van der Waals surface area (Å²) in [5, 5.41) is 10.6. The van der Waals surface area contributed by atoms with Crippen LogP contribution < -0.4 is 4.90 Å². The standard InChI is InChI=1S/C15H10ClFN2O3S/c16-12-7-10(17)4-5-13(12)18-14(20)8-23-15(18)9-2-1-3-11(6-9)19(21)22/h1-7,15H,8H2/t15-/m0/s1. The number of nitrogens with zero attached hydrogens (tertiary/aromatic N) is 2. The molecule has 8 heteroatoms. The molecule has 5 nitrogen and oxygen atoms in total. The number of hydrogen-bond acceptors (Lipinski definition) is 4. The number of amides is 1. The Kier molecular flexibility index (Phi) is 4.23. The second kappa shape index (κ2) is 6.17. The minimum absolute atomic E-state index is 0.0485. The van der Waals surface area contributed by atoms with E-state index in [-0.39, 0.29) is 22.4 Å². The van der Waals surface area contributed by atoms with Crippen molar-refractivity contribution in [3.8, 4) is 0 Å². The highest BCUT2D eigenvalue weighted by Gasteiger charge is 2.35. The first-order valence-corrected chi connectivity index (χ1v) is 8.03. The molecule has 0 aromatic heterocycles. The summed E-state index contributed by atoms with van der Waals surface area (Å²) in [5.74, 6) is -0.453. The molecule has 3 rings (SSSR count). The Labute approximate surface area is 140 Å². The first-order chi connectivity index (χ1) is 11.0. The van der Waals surface area contributed by atoms with Gasteiger partial charge < -0.3 is 0 Å². The zero-order valence-corrected chi connectivity index (χ0v) is 13.2. The molecule has 1 aliphatic heterocycles. The van der Waals surface area contributed by atoms with Crippen molar-refractivity contribution in [3.05, 3.63) is 69.0 Å². The van der Waals surface area contributed by atoms with Gasteiger partial charge in [-0.2, -0.15) is 0 Å². The molecule has 1 amide bonds. The number of carbonyl (C=O) groups is 1. The van der Waals surface area contributed by atoms with Crippen molar-refractivity contribution in [3.63, 3.8) is 0 Å². The van der Waals surface area contributed by atoms with Crippen LogP contribution in [0.25, 0.3) is 0 Å². The van der Waals surface area contributed by atoms with E-state index in [1.54, 1.807) is 12.1 Å². The van der Waals surface area contributed by atoms with Crippen LogP contribution in [-0.4, -0.2) is 16.6 Å². The Balaban J connectivity index is 2.03. The lowest BCUT2D eigenvalue weighted by atomic mass is 10.1. The fourth-order valence-corrected chi connectivity index (χ4v) is 3.82. The van der Waals surface area contributed by atoms with E-state index in [1.807, 2.05) is 0 Å². The van der Waals surface area contributed by atoms with Crippen molar-refractivity contribution < 1.29 is 14.1 Å². The van der Waals surface area contributed by atoms with Gasteiger partial charge in [0.15, 0.2) is 0 Å². The molecule has 0 radical (unpaired) electrons. The first-order valence-electron chi connectivity index (χ1n) is 6.60. The van der Waals surface area contributed by atoms with E-state index in [4.69, 9.17) is 11.6 Å². The highest BCUT2D eigenvalue weighted by atomic mass is 35.5. The monoisotopic (exact) mass is 352 g/mol. The Morgan fingerprint density at radius 2 is 2.09 bits per heavy atom. The van der Waals surface area contributed by atoms with Gasteiger partial charge in [0.05, 0.1) is 21.4 Å². The molecule has 0 saturated carbocycles. The lowest BCUT2D eigenvalue weighted by Gasteiger charge is -2.25. The molecule has 1 atom stereocenters. The number of halogens is 2. The summed E-state index contributed by atoms with van der Waals surface area (Å²) in [4.78, 5) is 24.1. The zero-order valence-electron chi connectivity index (χ0n) is 11.6. The maximum absolute atomic E-state index is 13.2.